The van der Waals surface area contributed by atoms with Gasteiger partial charge in [-0.25, -0.2) is 0 Å². The number of carboxylic acid groups (broad SMARTS) is 2. The van der Waals surface area contributed by atoms with E-state index in [1.807, 2.05) is 0 Å². The molecule has 0 aliphatic heterocycles. The van der Waals surface area contributed by atoms with Crippen molar-refractivity contribution in [1.82, 2.24) is 0 Å². The second-order valence-corrected chi connectivity index (χ2v) is 3.78. The van der Waals surface area contributed by atoms with Gasteiger partial charge in [-0.2, -0.15) is 0 Å². The van der Waals surface area contributed by atoms with E-state index in [-0.39, 0.29) is 0 Å². The quantitative estimate of drug-likeness (QED) is 0.661. The largest absolute Gasteiger partial charge is 0.480 e. The number of carboxylic acids is 2. The molecule has 0 radical (unpaired) electrons. The van der Waals surface area contributed by atoms with Gasteiger partial charge in [-0.05, 0) is 13.8 Å². The molecule has 4 nitrogen and oxygen atoms in total. The fraction of sp³-hybridized carbons (Fsp3) is 0.667. The molecule has 0 unspecified atom stereocenters. The highest BCUT2D eigenvalue weighted by Crippen LogP contribution is 2.17. The first kappa shape index (κ1) is 10.3. The van der Waals surface area contributed by atoms with E-state index in [9.17, 15) is 9.59 Å². The Bertz CT molecular complexity index is 150. The van der Waals surface area contributed by atoms with E-state index in [1.165, 1.54) is 13.8 Å². The Morgan fingerprint density at radius 1 is 1.09 bits per heavy atom. The van der Waals surface area contributed by atoms with E-state index in [0.717, 1.165) is 11.8 Å². The third kappa shape index (κ3) is 3.87. The lowest BCUT2D eigenvalue weighted by molar-refractivity contribution is -0.136. The van der Waals surface area contributed by atoms with Crippen molar-refractivity contribution in [3.8, 4) is 0 Å². The lowest BCUT2D eigenvalue weighted by atomic mass is 10.5. The highest BCUT2D eigenvalue weighted by molar-refractivity contribution is 8.01. The highest BCUT2D eigenvalue weighted by Gasteiger charge is 2.19. The number of carbonyl (C=O) groups is 2. The summed E-state index contributed by atoms with van der Waals surface area (Å²) in [6, 6.07) is 0. The molecule has 11 heavy (non-hydrogen) atoms. The minimum atomic E-state index is -0.983. The van der Waals surface area contributed by atoms with Crippen molar-refractivity contribution in [2.24, 2.45) is 0 Å². The Balaban J connectivity index is 3.84. The molecule has 0 aliphatic carbocycles. The fourth-order valence-corrected chi connectivity index (χ4v) is 1.27. The number of aliphatic carboxylic acids is 2. The molecule has 0 fully saturated rings. The maximum Gasteiger partial charge on any atom is 0.316 e. The molecule has 5 heteroatoms. The summed E-state index contributed by atoms with van der Waals surface area (Å²) in [6.45, 7) is 2.93. The van der Waals surface area contributed by atoms with Crippen LogP contribution in [0.5, 0.6) is 0 Å². The molecule has 0 amide bonds. The molecular weight excluding hydrogens is 168 g/mol. The highest BCUT2D eigenvalue weighted by atomic mass is 32.2. The minimum Gasteiger partial charge on any atom is -0.480 e. The number of hydrogen-bond acceptors (Lipinski definition) is 3. The van der Waals surface area contributed by atoms with Gasteiger partial charge in [-0.1, -0.05) is 0 Å². The second kappa shape index (κ2) is 4.23. The van der Waals surface area contributed by atoms with Crippen molar-refractivity contribution in [2.45, 2.75) is 24.3 Å². The van der Waals surface area contributed by atoms with Crippen LogP contribution in [0.2, 0.25) is 0 Å². The minimum absolute atomic E-state index is 0.666. The monoisotopic (exact) mass is 178 g/mol. The van der Waals surface area contributed by atoms with E-state index in [1.54, 1.807) is 0 Å². The molecule has 0 aliphatic rings. The van der Waals surface area contributed by atoms with E-state index < -0.39 is 22.4 Å². The van der Waals surface area contributed by atoms with Crippen LogP contribution in [-0.2, 0) is 9.59 Å². The van der Waals surface area contributed by atoms with Crippen LogP contribution in [0.25, 0.3) is 0 Å². The molecule has 0 bridgehead atoms. The Kier molecular flexibility index (Phi) is 3.95. The van der Waals surface area contributed by atoms with Gasteiger partial charge in [0.05, 0.1) is 0 Å². The molecule has 0 spiro atoms. The van der Waals surface area contributed by atoms with Crippen LogP contribution < -0.4 is 0 Å². The summed E-state index contributed by atoms with van der Waals surface area (Å²) < 4.78 is 0. The average molecular weight is 178 g/mol. The van der Waals surface area contributed by atoms with Crippen molar-refractivity contribution in [3.05, 3.63) is 0 Å². The van der Waals surface area contributed by atoms with Crippen molar-refractivity contribution in [1.29, 1.82) is 0 Å². The van der Waals surface area contributed by atoms with Gasteiger partial charge in [0.25, 0.3) is 0 Å². The van der Waals surface area contributed by atoms with E-state index >= 15 is 0 Å². The van der Waals surface area contributed by atoms with Gasteiger partial charge in [-0.3, -0.25) is 9.59 Å². The zero-order chi connectivity index (χ0) is 9.02. The Labute approximate surface area is 68.6 Å². The number of thioether (sulfide) groups is 1. The molecule has 2 atom stereocenters. The molecule has 0 aromatic carbocycles. The molecular formula is C6H10O4S. The fourth-order valence-electron chi connectivity index (χ4n) is 0.423. The first-order chi connectivity index (χ1) is 4.95. The molecule has 0 aromatic rings. The van der Waals surface area contributed by atoms with Crippen LogP contribution in [-0.4, -0.2) is 32.7 Å². The summed E-state index contributed by atoms with van der Waals surface area (Å²) in [4.78, 5) is 20.5. The zero-order valence-electron chi connectivity index (χ0n) is 6.27. The SMILES string of the molecule is C[C@H](S[C@H](C)C(=O)O)C(=O)O. The van der Waals surface area contributed by atoms with Gasteiger partial charge in [-0.15, -0.1) is 11.8 Å². The smallest absolute Gasteiger partial charge is 0.316 e. The predicted molar refractivity (Wildman–Crippen MR) is 41.8 cm³/mol. The molecule has 0 saturated heterocycles. The summed E-state index contributed by atoms with van der Waals surface area (Å²) >= 11 is 0.917. The van der Waals surface area contributed by atoms with Crippen LogP contribution in [0, 0.1) is 0 Å². The van der Waals surface area contributed by atoms with Gasteiger partial charge >= 0.3 is 11.9 Å². The van der Waals surface area contributed by atoms with Crippen LogP contribution in [0.3, 0.4) is 0 Å². The van der Waals surface area contributed by atoms with Gasteiger partial charge < -0.3 is 10.2 Å². The lowest BCUT2D eigenvalue weighted by Gasteiger charge is -2.08. The second-order valence-electron chi connectivity index (χ2n) is 2.10. The Morgan fingerprint density at radius 2 is 1.36 bits per heavy atom. The van der Waals surface area contributed by atoms with Gasteiger partial charge in [0.15, 0.2) is 0 Å². The normalized spacial score (nSPS) is 15.5. The summed E-state index contributed by atoms with van der Waals surface area (Å²) in [5.41, 5.74) is 0. The van der Waals surface area contributed by atoms with Crippen molar-refractivity contribution < 1.29 is 19.8 Å². The van der Waals surface area contributed by atoms with E-state index in [4.69, 9.17) is 10.2 Å². The van der Waals surface area contributed by atoms with Gasteiger partial charge in [0, 0.05) is 0 Å². The summed E-state index contributed by atoms with van der Waals surface area (Å²) in [7, 11) is 0. The van der Waals surface area contributed by atoms with E-state index in [0.29, 0.717) is 0 Å². The Morgan fingerprint density at radius 3 is 1.55 bits per heavy atom. The maximum absolute atomic E-state index is 10.2. The standard InChI is InChI=1S/C6H10O4S/c1-3(5(7)8)11-4(2)6(9)10/h3-4H,1-2H3,(H,7,8)(H,9,10)/t3-,4+. The summed E-state index contributed by atoms with van der Waals surface area (Å²) in [5.74, 6) is -1.97. The zero-order valence-corrected chi connectivity index (χ0v) is 7.09. The lowest BCUT2D eigenvalue weighted by Crippen LogP contribution is -2.20. The summed E-state index contributed by atoms with van der Waals surface area (Å²) in [6.07, 6.45) is 0. The molecule has 0 heterocycles. The van der Waals surface area contributed by atoms with Gasteiger partial charge in [0.2, 0.25) is 0 Å². The van der Waals surface area contributed by atoms with Crippen molar-refractivity contribution in [2.75, 3.05) is 0 Å². The van der Waals surface area contributed by atoms with Crippen LogP contribution in [0.1, 0.15) is 13.8 Å². The van der Waals surface area contributed by atoms with Crippen LogP contribution in [0.4, 0.5) is 0 Å². The number of rotatable bonds is 4. The molecule has 0 saturated carbocycles. The Hall–Kier alpha value is -0.710. The van der Waals surface area contributed by atoms with E-state index in [2.05, 4.69) is 0 Å². The maximum atomic E-state index is 10.2. The van der Waals surface area contributed by atoms with Crippen LogP contribution in [0.15, 0.2) is 0 Å². The van der Waals surface area contributed by atoms with Crippen LogP contribution >= 0.6 is 11.8 Å². The molecule has 0 rings (SSSR count). The third-order valence-corrected chi connectivity index (χ3v) is 2.32. The third-order valence-electron chi connectivity index (χ3n) is 1.10. The topological polar surface area (TPSA) is 74.6 Å². The average Bonchev–Trinajstić information content (AvgIpc) is 1.87. The molecule has 64 valence electrons. The first-order valence-electron chi connectivity index (χ1n) is 3.06. The van der Waals surface area contributed by atoms with Crippen molar-refractivity contribution >= 4 is 23.7 Å². The predicted octanol–water partition coefficient (Wildman–Crippen LogP) is 0.666. The molecule has 0 aromatic heterocycles. The van der Waals surface area contributed by atoms with Crippen molar-refractivity contribution in [3.63, 3.8) is 0 Å². The first-order valence-corrected chi connectivity index (χ1v) is 4.00. The molecule has 2 N–H and O–H groups in total. The number of hydrogen-bond donors (Lipinski definition) is 2. The van der Waals surface area contributed by atoms with Gasteiger partial charge in [0.1, 0.15) is 10.5 Å². The summed E-state index contributed by atoms with van der Waals surface area (Å²) in [5, 5.41) is 15.5.